The summed E-state index contributed by atoms with van der Waals surface area (Å²) in [6, 6.07) is 4.45. The summed E-state index contributed by atoms with van der Waals surface area (Å²) in [6.07, 6.45) is 0. The minimum absolute atomic E-state index is 0.0622. The Morgan fingerprint density at radius 1 is 1.19 bits per heavy atom. The quantitative estimate of drug-likeness (QED) is 0.864. The molecule has 1 atom stereocenters. The van der Waals surface area contributed by atoms with E-state index in [4.69, 9.17) is 5.11 Å². The van der Waals surface area contributed by atoms with Crippen LogP contribution in [0.15, 0.2) is 18.2 Å². The fourth-order valence-electron chi connectivity index (χ4n) is 1.79. The second-order valence-electron chi connectivity index (χ2n) is 5.05. The minimum atomic E-state index is -3.56. The standard InChI is InChI=1S/C14H19NO5S/c1-8(2)21(19,20)10(4)13(16)15-12-7-5-6-11(9(12)3)14(17)18/h5-8,10H,1-4H3,(H,15,16)(H,17,18)/t10-/m1/s1. The van der Waals surface area contributed by atoms with Crippen LogP contribution < -0.4 is 5.32 Å². The number of carboxylic acid groups (broad SMARTS) is 1. The van der Waals surface area contributed by atoms with Gasteiger partial charge in [0.05, 0.1) is 10.8 Å². The lowest BCUT2D eigenvalue weighted by molar-refractivity contribution is -0.115. The Balaban J connectivity index is 3.05. The van der Waals surface area contributed by atoms with Crippen molar-refractivity contribution in [2.75, 3.05) is 5.32 Å². The van der Waals surface area contributed by atoms with E-state index in [2.05, 4.69) is 5.32 Å². The molecule has 1 amide bonds. The number of carboxylic acids is 1. The van der Waals surface area contributed by atoms with Gasteiger partial charge in [0, 0.05) is 5.69 Å². The molecule has 116 valence electrons. The van der Waals surface area contributed by atoms with Crippen molar-refractivity contribution >= 4 is 27.4 Å². The summed E-state index contributed by atoms with van der Waals surface area (Å²) in [5, 5.41) is 9.65. The van der Waals surface area contributed by atoms with Crippen LogP contribution in [0.4, 0.5) is 5.69 Å². The summed E-state index contributed by atoms with van der Waals surface area (Å²) in [5.41, 5.74) is 0.741. The molecule has 0 heterocycles. The molecule has 0 saturated heterocycles. The van der Waals surface area contributed by atoms with Crippen molar-refractivity contribution in [3.8, 4) is 0 Å². The van der Waals surface area contributed by atoms with Gasteiger partial charge in [0.1, 0.15) is 5.25 Å². The number of sulfone groups is 1. The maximum atomic E-state index is 12.1. The molecule has 0 radical (unpaired) electrons. The van der Waals surface area contributed by atoms with Crippen LogP contribution in [0.1, 0.15) is 36.7 Å². The molecule has 2 N–H and O–H groups in total. The SMILES string of the molecule is Cc1c(NC(=O)[C@@H](C)S(=O)(=O)C(C)C)cccc1C(=O)O. The molecule has 1 aromatic carbocycles. The van der Waals surface area contributed by atoms with Gasteiger partial charge < -0.3 is 10.4 Å². The molecule has 0 bridgehead atoms. The predicted octanol–water partition coefficient (Wildman–Crippen LogP) is 1.84. The normalized spacial score (nSPS) is 13.0. The van der Waals surface area contributed by atoms with Crippen LogP contribution in [0, 0.1) is 6.92 Å². The van der Waals surface area contributed by atoms with Gasteiger partial charge in [-0.15, -0.1) is 0 Å². The van der Waals surface area contributed by atoms with Crippen molar-refractivity contribution < 1.29 is 23.1 Å². The number of benzene rings is 1. The summed E-state index contributed by atoms with van der Waals surface area (Å²) in [7, 11) is -3.56. The largest absolute Gasteiger partial charge is 0.478 e. The Kier molecular flexibility index (Phi) is 5.11. The zero-order valence-electron chi connectivity index (χ0n) is 12.4. The summed E-state index contributed by atoms with van der Waals surface area (Å²) in [5.74, 6) is -1.78. The second-order valence-corrected chi connectivity index (χ2v) is 7.88. The first-order chi connectivity index (χ1) is 9.59. The lowest BCUT2D eigenvalue weighted by atomic mass is 10.1. The molecule has 1 aromatic rings. The maximum absolute atomic E-state index is 12.1. The zero-order valence-corrected chi connectivity index (χ0v) is 13.2. The fourth-order valence-corrected chi connectivity index (χ4v) is 2.97. The molecular weight excluding hydrogens is 294 g/mol. The van der Waals surface area contributed by atoms with E-state index in [0.717, 1.165) is 0 Å². The molecule has 0 aliphatic rings. The van der Waals surface area contributed by atoms with Gasteiger partial charge in [0.15, 0.2) is 9.84 Å². The van der Waals surface area contributed by atoms with E-state index in [-0.39, 0.29) is 5.56 Å². The average molecular weight is 313 g/mol. The van der Waals surface area contributed by atoms with Crippen LogP contribution in [0.2, 0.25) is 0 Å². The van der Waals surface area contributed by atoms with Crippen LogP contribution in [-0.4, -0.2) is 35.9 Å². The van der Waals surface area contributed by atoms with Crippen molar-refractivity contribution in [2.24, 2.45) is 0 Å². The second kappa shape index (κ2) is 6.26. The third-order valence-corrected chi connectivity index (χ3v) is 5.85. The highest BCUT2D eigenvalue weighted by molar-refractivity contribution is 7.93. The molecule has 1 rings (SSSR count). The Labute approximate surface area is 124 Å². The van der Waals surface area contributed by atoms with Gasteiger partial charge in [-0.3, -0.25) is 4.79 Å². The first-order valence-corrected chi connectivity index (χ1v) is 8.06. The molecule has 0 spiro atoms. The van der Waals surface area contributed by atoms with Crippen molar-refractivity contribution in [1.82, 2.24) is 0 Å². The lowest BCUT2D eigenvalue weighted by Gasteiger charge is -2.17. The minimum Gasteiger partial charge on any atom is -0.478 e. The zero-order chi connectivity index (χ0) is 16.4. The van der Waals surface area contributed by atoms with Crippen LogP contribution in [0.5, 0.6) is 0 Å². The monoisotopic (exact) mass is 313 g/mol. The Morgan fingerprint density at radius 2 is 1.76 bits per heavy atom. The molecule has 0 unspecified atom stereocenters. The Bertz CT molecular complexity index is 664. The van der Waals surface area contributed by atoms with Gasteiger partial charge in [-0.1, -0.05) is 6.07 Å². The number of carbonyl (C=O) groups excluding carboxylic acids is 1. The smallest absolute Gasteiger partial charge is 0.336 e. The topological polar surface area (TPSA) is 101 Å². The molecule has 0 aromatic heterocycles. The van der Waals surface area contributed by atoms with Crippen molar-refractivity contribution in [2.45, 2.75) is 38.2 Å². The molecule has 0 aliphatic carbocycles. The number of anilines is 1. The van der Waals surface area contributed by atoms with Crippen molar-refractivity contribution in [3.05, 3.63) is 29.3 Å². The first-order valence-electron chi connectivity index (χ1n) is 6.45. The Morgan fingerprint density at radius 3 is 2.24 bits per heavy atom. The van der Waals surface area contributed by atoms with Crippen LogP contribution in [0.25, 0.3) is 0 Å². The first kappa shape index (κ1) is 17.2. The highest BCUT2D eigenvalue weighted by Crippen LogP contribution is 2.20. The summed E-state index contributed by atoms with van der Waals surface area (Å²) in [6.45, 7) is 5.90. The van der Waals surface area contributed by atoms with Crippen LogP contribution in [0.3, 0.4) is 0 Å². The van der Waals surface area contributed by atoms with E-state index in [1.165, 1.54) is 39.0 Å². The number of amides is 1. The van der Waals surface area contributed by atoms with E-state index in [0.29, 0.717) is 11.3 Å². The summed E-state index contributed by atoms with van der Waals surface area (Å²) in [4.78, 5) is 23.1. The summed E-state index contributed by atoms with van der Waals surface area (Å²) >= 11 is 0. The number of rotatable bonds is 5. The van der Waals surface area contributed by atoms with Gasteiger partial charge in [-0.2, -0.15) is 0 Å². The number of aromatic carboxylic acids is 1. The molecule has 21 heavy (non-hydrogen) atoms. The molecule has 6 nitrogen and oxygen atoms in total. The van der Waals surface area contributed by atoms with E-state index >= 15 is 0 Å². The lowest BCUT2D eigenvalue weighted by Crippen LogP contribution is -2.36. The van der Waals surface area contributed by atoms with Gasteiger partial charge >= 0.3 is 5.97 Å². The van der Waals surface area contributed by atoms with Crippen LogP contribution >= 0.6 is 0 Å². The fraction of sp³-hybridized carbons (Fsp3) is 0.429. The highest BCUT2D eigenvalue weighted by Gasteiger charge is 2.31. The molecule has 7 heteroatoms. The van der Waals surface area contributed by atoms with Crippen molar-refractivity contribution in [1.29, 1.82) is 0 Å². The van der Waals surface area contributed by atoms with E-state index in [9.17, 15) is 18.0 Å². The Hall–Kier alpha value is -1.89. The molecule has 0 aliphatic heterocycles. The average Bonchev–Trinajstić information content (AvgIpc) is 2.39. The highest BCUT2D eigenvalue weighted by atomic mass is 32.2. The van der Waals surface area contributed by atoms with E-state index < -0.39 is 32.2 Å². The van der Waals surface area contributed by atoms with E-state index in [1.807, 2.05) is 0 Å². The van der Waals surface area contributed by atoms with Crippen molar-refractivity contribution in [3.63, 3.8) is 0 Å². The van der Waals surface area contributed by atoms with E-state index in [1.54, 1.807) is 6.92 Å². The number of hydrogen-bond acceptors (Lipinski definition) is 4. The van der Waals surface area contributed by atoms with Crippen LogP contribution in [-0.2, 0) is 14.6 Å². The van der Waals surface area contributed by atoms with Gasteiger partial charge in [-0.25, -0.2) is 13.2 Å². The van der Waals surface area contributed by atoms with Gasteiger partial charge in [0.2, 0.25) is 5.91 Å². The third kappa shape index (κ3) is 3.60. The molecular formula is C14H19NO5S. The number of carbonyl (C=O) groups is 2. The molecule has 0 saturated carbocycles. The summed E-state index contributed by atoms with van der Waals surface area (Å²) < 4.78 is 23.9. The number of hydrogen-bond donors (Lipinski definition) is 2. The maximum Gasteiger partial charge on any atom is 0.336 e. The van der Waals surface area contributed by atoms with Gasteiger partial charge in [-0.05, 0) is 45.4 Å². The number of nitrogens with one attached hydrogen (secondary N) is 1. The third-order valence-electron chi connectivity index (χ3n) is 3.34. The van der Waals surface area contributed by atoms with Gasteiger partial charge in [0.25, 0.3) is 0 Å². The molecule has 0 fully saturated rings. The predicted molar refractivity (Wildman–Crippen MR) is 80.3 cm³/mol.